The van der Waals surface area contributed by atoms with Crippen LogP contribution in [-0.2, 0) is 11.2 Å². The van der Waals surface area contributed by atoms with E-state index in [4.69, 9.17) is 0 Å². The van der Waals surface area contributed by atoms with Crippen LogP contribution in [-0.4, -0.2) is 19.5 Å². The van der Waals surface area contributed by atoms with Gasteiger partial charge in [0.2, 0.25) is 0 Å². The van der Waals surface area contributed by atoms with E-state index in [1.54, 1.807) is 0 Å². The van der Waals surface area contributed by atoms with E-state index in [1.165, 1.54) is 17.2 Å². The maximum Gasteiger partial charge on any atom is 0.279 e. The fraction of sp³-hybridized carbons (Fsp3) is 0.316. The number of nitrogens with one attached hydrogen (secondary N) is 2. The van der Waals surface area contributed by atoms with Crippen molar-refractivity contribution in [1.29, 1.82) is 0 Å². The van der Waals surface area contributed by atoms with Gasteiger partial charge in [-0.15, -0.1) is 0 Å². The average molecular weight is 331 g/mol. The lowest BCUT2D eigenvalue weighted by Crippen LogP contribution is -3.10. The van der Waals surface area contributed by atoms with E-state index in [-0.39, 0.29) is 24.2 Å². The maximum atomic E-state index is 13.2. The van der Waals surface area contributed by atoms with Gasteiger partial charge in [-0.05, 0) is 30.5 Å². The van der Waals surface area contributed by atoms with Gasteiger partial charge in [-0.3, -0.25) is 4.79 Å². The number of hydrogen-bond acceptors (Lipinski definition) is 1. The molecule has 2 aromatic carbocycles. The molecular formula is C19H21F2N2O+. The van der Waals surface area contributed by atoms with Crippen LogP contribution in [0.25, 0.3) is 0 Å². The Hall–Kier alpha value is -2.27. The van der Waals surface area contributed by atoms with Gasteiger partial charge in [0.25, 0.3) is 5.91 Å². The summed E-state index contributed by atoms with van der Waals surface area (Å²) in [5.74, 6) is -2.09. The lowest BCUT2D eigenvalue weighted by molar-refractivity contribution is -0.905. The van der Waals surface area contributed by atoms with Crippen molar-refractivity contribution in [2.24, 2.45) is 0 Å². The fourth-order valence-corrected chi connectivity index (χ4v) is 3.42. The molecule has 0 spiro atoms. The molecule has 0 saturated carbocycles. The van der Waals surface area contributed by atoms with Crippen LogP contribution in [0.4, 0.5) is 14.5 Å². The van der Waals surface area contributed by atoms with E-state index in [9.17, 15) is 13.6 Å². The summed E-state index contributed by atoms with van der Waals surface area (Å²) in [5, 5.41) is 2.64. The molecule has 1 amide bonds. The number of halogens is 2. The molecule has 0 heterocycles. The molecule has 0 radical (unpaired) electrons. The van der Waals surface area contributed by atoms with Crippen LogP contribution in [0.1, 0.15) is 30.0 Å². The molecule has 24 heavy (non-hydrogen) atoms. The van der Waals surface area contributed by atoms with E-state index in [0.29, 0.717) is 0 Å². The number of fused-ring (bicyclic) bond motifs is 1. The van der Waals surface area contributed by atoms with Crippen molar-refractivity contribution in [2.45, 2.75) is 25.3 Å². The Morgan fingerprint density at radius 2 is 2.00 bits per heavy atom. The molecule has 2 N–H and O–H groups in total. The Morgan fingerprint density at radius 3 is 2.79 bits per heavy atom. The Kier molecular flexibility index (Phi) is 4.90. The van der Waals surface area contributed by atoms with Crippen molar-refractivity contribution in [3.63, 3.8) is 0 Å². The summed E-state index contributed by atoms with van der Waals surface area (Å²) >= 11 is 0. The third-order valence-corrected chi connectivity index (χ3v) is 4.61. The summed E-state index contributed by atoms with van der Waals surface area (Å²) in [7, 11) is 2.00. The number of hydrogen-bond donors (Lipinski definition) is 2. The molecular weight excluding hydrogens is 310 g/mol. The molecule has 0 saturated heterocycles. The summed E-state index contributed by atoms with van der Waals surface area (Å²) in [4.78, 5) is 13.3. The predicted octanol–water partition coefficient (Wildman–Crippen LogP) is 2.50. The van der Waals surface area contributed by atoms with Crippen LogP contribution < -0.4 is 10.2 Å². The standard InChI is InChI=1S/C19H20F2N2O/c1-23(18-8-4-6-13-5-2-3-7-15(13)18)12-19(24)22-14-9-10-16(20)17(21)11-14/h2-3,5,7,9-11,18H,4,6,8,12H2,1H3,(H,22,24)/p+1/t18-/m0/s1. The van der Waals surface area contributed by atoms with Gasteiger partial charge < -0.3 is 10.2 Å². The van der Waals surface area contributed by atoms with E-state index in [0.717, 1.165) is 36.3 Å². The second-order valence-electron chi connectivity index (χ2n) is 6.34. The van der Waals surface area contributed by atoms with Crippen molar-refractivity contribution in [3.8, 4) is 0 Å². The molecule has 126 valence electrons. The molecule has 0 aromatic heterocycles. The van der Waals surface area contributed by atoms with Crippen molar-refractivity contribution < 1.29 is 18.5 Å². The van der Waals surface area contributed by atoms with E-state index < -0.39 is 11.6 Å². The quantitative estimate of drug-likeness (QED) is 0.887. The number of benzene rings is 2. The predicted molar refractivity (Wildman–Crippen MR) is 88.9 cm³/mol. The van der Waals surface area contributed by atoms with Gasteiger partial charge in [-0.1, -0.05) is 24.3 Å². The van der Waals surface area contributed by atoms with Gasteiger partial charge in [0, 0.05) is 23.7 Å². The molecule has 5 heteroatoms. The first kappa shape index (κ1) is 16.6. The molecule has 1 aliphatic carbocycles. The number of amides is 1. The number of likely N-dealkylation sites (N-methyl/N-ethyl adjacent to an activating group) is 1. The molecule has 2 aromatic rings. The molecule has 2 atom stereocenters. The first-order valence-electron chi connectivity index (χ1n) is 8.19. The minimum absolute atomic E-state index is 0.207. The first-order valence-corrected chi connectivity index (χ1v) is 8.19. The van der Waals surface area contributed by atoms with Gasteiger partial charge in [0.05, 0.1) is 7.05 Å². The van der Waals surface area contributed by atoms with Crippen LogP contribution in [0, 0.1) is 11.6 Å². The summed E-state index contributed by atoms with van der Waals surface area (Å²) in [6.07, 6.45) is 3.24. The SMILES string of the molecule is C[NH+](CC(=O)Nc1ccc(F)c(F)c1)[C@H]1CCCc2ccccc21. The van der Waals surface area contributed by atoms with E-state index in [1.807, 2.05) is 19.2 Å². The molecule has 1 unspecified atom stereocenters. The number of quaternary nitrogens is 1. The molecule has 0 aliphatic heterocycles. The number of aryl methyl sites for hydroxylation is 1. The zero-order valence-electron chi connectivity index (χ0n) is 13.6. The third kappa shape index (κ3) is 3.62. The summed E-state index contributed by atoms with van der Waals surface area (Å²) in [6, 6.07) is 12.0. The molecule has 0 bridgehead atoms. The highest BCUT2D eigenvalue weighted by Gasteiger charge is 2.27. The molecule has 0 fully saturated rings. The van der Waals surface area contributed by atoms with E-state index >= 15 is 0 Å². The van der Waals surface area contributed by atoms with Gasteiger partial charge in [0.1, 0.15) is 6.04 Å². The Bertz CT molecular complexity index is 748. The van der Waals surface area contributed by atoms with E-state index in [2.05, 4.69) is 17.4 Å². The van der Waals surface area contributed by atoms with Crippen molar-refractivity contribution in [3.05, 3.63) is 65.2 Å². The van der Waals surface area contributed by atoms with Gasteiger partial charge in [-0.25, -0.2) is 8.78 Å². The van der Waals surface area contributed by atoms with Crippen LogP contribution in [0.2, 0.25) is 0 Å². The maximum absolute atomic E-state index is 13.2. The topological polar surface area (TPSA) is 33.5 Å². The third-order valence-electron chi connectivity index (χ3n) is 4.61. The normalized spacial score (nSPS) is 17.9. The molecule has 3 nitrogen and oxygen atoms in total. The van der Waals surface area contributed by atoms with Crippen molar-refractivity contribution in [1.82, 2.24) is 0 Å². The van der Waals surface area contributed by atoms with Crippen molar-refractivity contribution >= 4 is 11.6 Å². The Balaban J connectivity index is 1.65. The monoisotopic (exact) mass is 331 g/mol. The lowest BCUT2D eigenvalue weighted by atomic mass is 9.87. The smallest absolute Gasteiger partial charge is 0.279 e. The first-order chi connectivity index (χ1) is 11.5. The number of carbonyl (C=O) groups is 1. The highest BCUT2D eigenvalue weighted by atomic mass is 19.2. The van der Waals surface area contributed by atoms with Gasteiger partial charge >= 0.3 is 0 Å². The second-order valence-corrected chi connectivity index (χ2v) is 6.34. The molecule has 1 aliphatic rings. The average Bonchev–Trinajstić information content (AvgIpc) is 2.57. The number of carbonyl (C=O) groups excluding carboxylic acids is 1. The number of anilines is 1. The zero-order chi connectivity index (χ0) is 17.1. The Labute approximate surface area is 140 Å². The molecule has 3 rings (SSSR count). The second kappa shape index (κ2) is 7.09. The highest BCUT2D eigenvalue weighted by Crippen LogP contribution is 2.27. The highest BCUT2D eigenvalue weighted by molar-refractivity contribution is 5.91. The summed E-state index contributed by atoms with van der Waals surface area (Å²) < 4.78 is 26.2. The van der Waals surface area contributed by atoms with Gasteiger partial charge in [0.15, 0.2) is 18.2 Å². The lowest BCUT2D eigenvalue weighted by Gasteiger charge is -2.30. The van der Waals surface area contributed by atoms with Crippen molar-refractivity contribution in [2.75, 3.05) is 18.9 Å². The minimum atomic E-state index is -0.963. The van der Waals surface area contributed by atoms with Crippen LogP contribution in [0.5, 0.6) is 0 Å². The Morgan fingerprint density at radius 1 is 1.21 bits per heavy atom. The van der Waals surface area contributed by atoms with Crippen LogP contribution >= 0.6 is 0 Å². The summed E-state index contributed by atoms with van der Waals surface area (Å²) in [5.41, 5.74) is 2.94. The fourth-order valence-electron chi connectivity index (χ4n) is 3.42. The van der Waals surface area contributed by atoms with Crippen LogP contribution in [0.3, 0.4) is 0 Å². The largest absolute Gasteiger partial charge is 0.323 e. The summed E-state index contributed by atoms with van der Waals surface area (Å²) in [6.45, 7) is 0.276. The van der Waals surface area contributed by atoms with Crippen LogP contribution in [0.15, 0.2) is 42.5 Å². The zero-order valence-corrected chi connectivity index (χ0v) is 13.6. The number of rotatable bonds is 4. The van der Waals surface area contributed by atoms with Gasteiger partial charge in [-0.2, -0.15) is 0 Å². The minimum Gasteiger partial charge on any atom is -0.323 e.